The van der Waals surface area contributed by atoms with Crippen molar-refractivity contribution in [3.05, 3.63) is 59.5 Å². The molecule has 6 heteroatoms. The summed E-state index contributed by atoms with van der Waals surface area (Å²) in [6, 6.07) is 11.2. The Morgan fingerprint density at radius 3 is 2.56 bits per heavy atom. The van der Waals surface area contributed by atoms with Gasteiger partial charge < -0.3 is 15.1 Å². The fraction of sp³-hybridized carbons (Fsp3) is 0.429. The second kappa shape index (κ2) is 9.37. The minimum atomic E-state index is -0.234. The number of hydrogen-bond acceptors (Lipinski definition) is 4. The van der Waals surface area contributed by atoms with Gasteiger partial charge in [0.15, 0.2) is 0 Å². The fourth-order valence-electron chi connectivity index (χ4n) is 3.48. The van der Waals surface area contributed by atoms with Crippen molar-refractivity contribution in [3.63, 3.8) is 0 Å². The van der Waals surface area contributed by atoms with Crippen LogP contribution in [-0.2, 0) is 4.79 Å². The standard InChI is InChI=1S/C21H27N3O3/c1-16-8-3-4-9-17(16)21(26)23-15-20(25)22-14-18(19-10-7-13-27-19)24-11-5-2-6-12-24/h3-4,7-10,13,18H,2,5-6,11-12,14-15H2,1H3,(H,22,25)(H,23,26). The molecule has 2 aromatic rings. The van der Waals surface area contributed by atoms with Gasteiger partial charge in [0.1, 0.15) is 5.76 Å². The Morgan fingerprint density at radius 1 is 1.07 bits per heavy atom. The van der Waals surface area contributed by atoms with Crippen molar-refractivity contribution < 1.29 is 14.0 Å². The molecule has 1 aromatic carbocycles. The van der Waals surface area contributed by atoms with E-state index in [1.807, 2.05) is 37.3 Å². The predicted octanol–water partition coefficient (Wildman–Crippen LogP) is 2.66. The van der Waals surface area contributed by atoms with Gasteiger partial charge in [0.05, 0.1) is 18.8 Å². The summed E-state index contributed by atoms with van der Waals surface area (Å²) in [4.78, 5) is 26.8. The van der Waals surface area contributed by atoms with E-state index in [4.69, 9.17) is 4.42 Å². The van der Waals surface area contributed by atoms with Gasteiger partial charge in [0.25, 0.3) is 5.91 Å². The van der Waals surface area contributed by atoms with Crippen LogP contribution in [0.2, 0.25) is 0 Å². The molecule has 27 heavy (non-hydrogen) atoms. The molecule has 0 aliphatic carbocycles. The molecule has 2 amide bonds. The van der Waals surface area contributed by atoms with Crippen LogP contribution in [0.25, 0.3) is 0 Å². The summed E-state index contributed by atoms with van der Waals surface area (Å²) in [5, 5.41) is 5.62. The van der Waals surface area contributed by atoms with Crippen LogP contribution in [0.15, 0.2) is 47.1 Å². The van der Waals surface area contributed by atoms with Crippen LogP contribution in [-0.4, -0.2) is 42.9 Å². The summed E-state index contributed by atoms with van der Waals surface area (Å²) in [6.07, 6.45) is 5.24. The molecule has 1 aliphatic heterocycles. The van der Waals surface area contributed by atoms with Gasteiger partial charge in [-0.05, 0) is 56.6 Å². The van der Waals surface area contributed by atoms with Crippen LogP contribution < -0.4 is 10.6 Å². The average Bonchev–Trinajstić information content (AvgIpc) is 3.22. The first-order valence-corrected chi connectivity index (χ1v) is 9.53. The quantitative estimate of drug-likeness (QED) is 0.787. The van der Waals surface area contributed by atoms with E-state index in [2.05, 4.69) is 15.5 Å². The van der Waals surface area contributed by atoms with Crippen LogP contribution in [0, 0.1) is 6.92 Å². The first-order chi connectivity index (χ1) is 13.1. The Labute approximate surface area is 159 Å². The van der Waals surface area contributed by atoms with Gasteiger partial charge >= 0.3 is 0 Å². The molecule has 1 saturated heterocycles. The molecular formula is C21H27N3O3. The lowest BCUT2D eigenvalue weighted by molar-refractivity contribution is -0.120. The molecule has 1 atom stereocenters. The van der Waals surface area contributed by atoms with Crippen molar-refractivity contribution in [3.8, 4) is 0 Å². The number of amides is 2. The van der Waals surface area contributed by atoms with Crippen molar-refractivity contribution in [1.82, 2.24) is 15.5 Å². The number of carbonyl (C=O) groups is 2. The molecule has 1 aromatic heterocycles. The molecule has 1 aliphatic rings. The molecule has 3 rings (SSSR count). The van der Waals surface area contributed by atoms with Gasteiger partial charge in [0.2, 0.25) is 5.91 Å². The van der Waals surface area contributed by atoms with Crippen LogP contribution in [0.3, 0.4) is 0 Å². The van der Waals surface area contributed by atoms with E-state index < -0.39 is 0 Å². The number of hydrogen-bond donors (Lipinski definition) is 2. The number of rotatable bonds is 7. The van der Waals surface area contributed by atoms with Crippen molar-refractivity contribution >= 4 is 11.8 Å². The highest BCUT2D eigenvalue weighted by Gasteiger charge is 2.24. The van der Waals surface area contributed by atoms with Crippen molar-refractivity contribution in [2.45, 2.75) is 32.2 Å². The molecule has 2 heterocycles. The maximum atomic E-state index is 12.2. The maximum absolute atomic E-state index is 12.2. The second-order valence-electron chi connectivity index (χ2n) is 6.93. The number of piperidine rings is 1. The van der Waals surface area contributed by atoms with Crippen molar-refractivity contribution in [2.24, 2.45) is 0 Å². The van der Waals surface area contributed by atoms with Gasteiger partial charge in [-0.3, -0.25) is 14.5 Å². The molecule has 0 bridgehead atoms. The third-order valence-corrected chi connectivity index (χ3v) is 4.99. The highest BCUT2D eigenvalue weighted by atomic mass is 16.3. The smallest absolute Gasteiger partial charge is 0.251 e. The maximum Gasteiger partial charge on any atom is 0.251 e. The predicted molar refractivity (Wildman–Crippen MR) is 103 cm³/mol. The average molecular weight is 369 g/mol. The largest absolute Gasteiger partial charge is 0.468 e. The number of nitrogens with zero attached hydrogens (tertiary/aromatic N) is 1. The highest BCUT2D eigenvalue weighted by Crippen LogP contribution is 2.24. The van der Waals surface area contributed by atoms with Crippen molar-refractivity contribution in [1.29, 1.82) is 0 Å². The van der Waals surface area contributed by atoms with Crippen molar-refractivity contribution in [2.75, 3.05) is 26.2 Å². The summed E-state index contributed by atoms with van der Waals surface area (Å²) in [7, 11) is 0. The van der Waals surface area contributed by atoms with E-state index in [0.29, 0.717) is 12.1 Å². The van der Waals surface area contributed by atoms with Gasteiger partial charge in [-0.1, -0.05) is 24.6 Å². The van der Waals surface area contributed by atoms with Crippen LogP contribution in [0.5, 0.6) is 0 Å². The van der Waals surface area contributed by atoms with E-state index in [9.17, 15) is 9.59 Å². The summed E-state index contributed by atoms with van der Waals surface area (Å²) in [5.41, 5.74) is 1.48. The second-order valence-corrected chi connectivity index (χ2v) is 6.93. The van der Waals surface area contributed by atoms with E-state index in [1.54, 1.807) is 12.3 Å². The minimum absolute atomic E-state index is 0.0244. The molecule has 0 saturated carbocycles. The van der Waals surface area contributed by atoms with E-state index >= 15 is 0 Å². The van der Waals surface area contributed by atoms with Crippen LogP contribution in [0.4, 0.5) is 0 Å². The normalized spacial score (nSPS) is 15.9. The summed E-state index contributed by atoms with van der Waals surface area (Å²) < 4.78 is 5.59. The molecule has 144 valence electrons. The lowest BCUT2D eigenvalue weighted by Gasteiger charge is -2.33. The molecule has 1 fully saturated rings. The minimum Gasteiger partial charge on any atom is -0.468 e. The van der Waals surface area contributed by atoms with E-state index in [0.717, 1.165) is 37.3 Å². The highest BCUT2D eigenvalue weighted by molar-refractivity contribution is 5.97. The van der Waals surface area contributed by atoms with Crippen LogP contribution >= 0.6 is 0 Å². The molecule has 1 unspecified atom stereocenters. The van der Waals surface area contributed by atoms with E-state index in [-0.39, 0.29) is 24.4 Å². The summed E-state index contributed by atoms with van der Waals surface area (Å²) in [6.45, 7) is 4.31. The SMILES string of the molecule is Cc1ccccc1C(=O)NCC(=O)NCC(c1ccco1)N1CCCCC1. The first-order valence-electron chi connectivity index (χ1n) is 9.53. The molecule has 2 N–H and O–H groups in total. The number of aryl methyl sites for hydroxylation is 1. The third kappa shape index (κ3) is 5.20. The molecule has 6 nitrogen and oxygen atoms in total. The Balaban J connectivity index is 1.52. The fourth-order valence-corrected chi connectivity index (χ4v) is 3.48. The van der Waals surface area contributed by atoms with Gasteiger partial charge in [-0.15, -0.1) is 0 Å². The van der Waals surface area contributed by atoms with Gasteiger partial charge in [-0.25, -0.2) is 0 Å². The Kier molecular flexibility index (Phi) is 6.65. The first kappa shape index (κ1) is 19.2. The monoisotopic (exact) mass is 369 g/mol. The number of benzene rings is 1. The third-order valence-electron chi connectivity index (χ3n) is 4.99. The number of likely N-dealkylation sites (tertiary alicyclic amines) is 1. The number of carbonyl (C=O) groups excluding carboxylic acids is 2. The zero-order valence-electron chi connectivity index (χ0n) is 15.7. The Bertz CT molecular complexity index is 752. The zero-order chi connectivity index (χ0) is 19.1. The van der Waals surface area contributed by atoms with Gasteiger partial charge in [-0.2, -0.15) is 0 Å². The molecule has 0 spiro atoms. The number of furan rings is 1. The van der Waals surface area contributed by atoms with E-state index in [1.165, 1.54) is 6.42 Å². The number of nitrogens with one attached hydrogen (secondary N) is 2. The molecule has 0 radical (unpaired) electrons. The topological polar surface area (TPSA) is 74.6 Å². The summed E-state index contributed by atoms with van der Waals surface area (Å²) >= 11 is 0. The zero-order valence-corrected chi connectivity index (χ0v) is 15.7. The molecular weight excluding hydrogens is 342 g/mol. The summed E-state index contributed by atoms with van der Waals surface area (Å²) in [5.74, 6) is 0.425. The Morgan fingerprint density at radius 2 is 1.85 bits per heavy atom. The van der Waals surface area contributed by atoms with Gasteiger partial charge in [0, 0.05) is 12.1 Å². The Hall–Kier alpha value is -2.60. The lowest BCUT2D eigenvalue weighted by atomic mass is 10.1. The lowest BCUT2D eigenvalue weighted by Crippen LogP contribution is -2.43. The van der Waals surface area contributed by atoms with Crippen LogP contribution in [0.1, 0.15) is 47.0 Å².